The van der Waals surface area contributed by atoms with Crippen molar-refractivity contribution in [2.75, 3.05) is 37.4 Å². The average Bonchev–Trinajstić information content (AvgIpc) is 2.93. The Morgan fingerprint density at radius 3 is 2.68 bits per heavy atom. The van der Waals surface area contributed by atoms with Gasteiger partial charge in [-0.2, -0.15) is 0 Å². The summed E-state index contributed by atoms with van der Waals surface area (Å²) in [5, 5.41) is 5.55. The van der Waals surface area contributed by atoms with Crippen LogP contribution in [-0.2, 0) is 14.3 Å². The number of anilines is 2. The highest BCUT2D eigenvalue weighted by atomic mass is 16.5. The molecule has 22 heavy (non-hydrogen) atoms. The standard InChI is InChI=1S/C16H23N3O3/c1-12(20)17-13-4-3-5-14(10-13)18-16(21)7-9-19-8-6-15(11-19)22-2/h3-5,10,15H,6-9,11H2,1-2H3,(H,17,20)(H,18,21). The van der Waals surface area contributed by atoms with E-state index in [0.717, 1.165) is 26.1 Å². The van der Waals surface area contributed by atoms with Gasteiger partial charge in [0.1, 0.15) is 0 Å². The van der Waals surface area contributed by atoms with E-state index in [1.54, 1.807) is 31.4 Å². The number of carbonyl (C=O) groups excluding carboxylic acids is 2. The monoisotopic (exact) mass is 305 g/mol. The Morgan fingerprint density at radius 1 is 1.32 bits per heavy atom. The highest BCUT2D eigenvalue weighted by molar-refractivity contribution is 5.93. The van der Waals surface area contributed by atoms with Crippen LogP contribution in [0.3, 0.4) is 0 Å². The van der Waals surface area contributed by atoms with Gasteiger partial charge >= 0.3 is 0 Å². The van der Waals surface area contributed by atoms with Gasteiger partial charge in [-0.25, -0.2) is 0 Å². The lowest BCUT2D eigenvalue weighted by Gasteiger charge is -2.15. The van der Waals surface area contributed by atoms with Crippen LogP contribution in [0.1, 0.15) is 19.8 Å². The summed E-state index contributed by atoms with van der Waals surface area (Å²) in [7, 11) is 1.73. The summed E-state index contributed by atoms with van der Waals surface area (Å²) >= 11 is 0. The molecule has 1 fully saturated rings. The Balaban J connectivity index is 1.78. The van der Waals surface area contributed by atoms with Gasteiger partial charge in [-0.3, -0.25) is 9.59 Å². The predicted molar refractivity (Wildman–Crippen MR) is 85.8 cm³/mol. The van der Waals surface area contributed by atoms with Gasteiger partial charge in [-0.1, -0.05) is 6.07 Å². The van der Waals surface area contributed by atoms with Gasteiger partial charge in [-0.15, -0.1) is 0 Å². The van der Waals surface area contributed by atoms with Crippen LogP contribution in [0.25, 0.3) is 0 Å². The quantitative estimate of drug-likeness (QED) is 0.839. The molecule has 1 aliphatic rings. The molecule has 6 nitrogen and oxygen atoms in total. The fraction of sp³-hybridized carbons (Fsp3) is 0.500. The summed E-state index contributed by atoms with van der Waals surface area (Å²) in [6.45, 7) is 4.05. The van der Waals surface area contributed by atoms with Crippen molar-refractivity contribution in [1.29, 1.82) is 0 Å². The lowest BCUT2D eigenvalue weighted by Crippen LogP contribution is -2.27. The lowest BCUT2D eigenvalue weighted by atomic mass is 10.2. The normalized spacial score (nSPS) is 18.2. The molecule has 1 heterocycles. The molecule has 0 aromatic heterocycles. The molecule has 0 saturated carbocycles. The zero-order valence-electron chi connectivity index (χ0n) is 13.1. The highest BCUT2D eigenvalue weighted by Gasteiger charge is 2.22. The van der Waals surface area contributed by atoms with Gasteiger partial charge in [0.15, 0.2) is 0 Å². The molecule has 0 bridgehead atoms. The number of hydrogen-bond donors (Lipinski definition) is 2. The second-order valence-electron chi connectivity index (χ2n) is 5.51. The van der Waals surface area contributed by atoms with Crippen molar-refractivity contribution in [3.05, 3.63) is 24.3 Å². The molecule has 1 aromatic carbocycles. The lowest BCUT2D eigenvalue weighted by molar-refractivity contribution is -0.116. The molecule has 0 spiro atoms. The van der Waals surface area contributed by atoms with Gasteiger partial charge in [0.25, 0.3) is 0 Å². The van der Waals surface area contributed by atoms with Gasteiger partial charge in [0.05, 0.1) is 6.10 Å². The minimum absolute atomic E-state index is 0.0270. The van der Waals surface area contributed by atoms with Gasteiger partial charge in [-0.05, 0) is 24.6 Å². The Kier molecular flexibility index (Phi) is 5.91. The molecular formula is C16H23N3O3. The van der Waals surface area contributed by atoms with Crippen LogP contribution < -0.4 is 10.6 Å². The van der Waals surface area contributed by atoms with Crippen molar-refractivity contribution >= 4 is 23.2 Å². The molecular weight excluding hydrogens is 282 g/mol. The highest BCUT2D eigenvalue weighted by Crippen LogP contribution is 2.16. The zero-order valence-corrected chi connectivity index (χ0v) is 13.1. The maximum absolute atomic E-state index is 12.0. The van der Waals surface area contributed by atoms with Gasteiger partial charge in [0, 0.05) is 51.5 Å². The Hall–Kier alpha value is -1.92. The predicted octanol–water partition coefficient (Wildman–Crippen LogP) is 1.69. The average molecular weight is 305 g/mol. The van der Waals surface area contributed by atoms with Crippen molar-refractivity contribution in [3.8, 4) is 0 Å². The van der Waals surface area contributed by atoms with E-state index in [-0.39, 0.29) is 17.9 Å². The minimum atomic E-state index is -0.134. The van der Waals surface area contributed by atoms with Crippen molar-refractivity contribution < 1.29 is 14.3 Å². The number of amides is 2. The number of likely N-dealkylation sites (tertiary alicyclic amines) is 1. The number of carbonyl (C=O) groups is 2. The second kappa shape index (κ2) is 7.91. The number of rotatable bonds is 6. The molecule has 2 N–H and O–H groups in total. The third-order valence-corrected chi connectivity index (χ3v) is 3.68. The number of nitrogens with zero attached hydrogens (tertiary/aromatic N) is 1. The fourth-order valence-electron chi connectivity index (χ4n) is 2.55. The van der Waals surface area contributed by atoms with E-state index >= 15 is 0 Å². The summed E-state index contributed by atoms with van der Waals surface area (Å²) in [5.41, 5.74) is 1.36. The molecule has 1 atom stereocenters. The first-order valence-corrected chi connectivity index (χ1v) is 7.49. The van der Waals surface area contributed by atoms with Gasteiger partial charge in [0.2, 0.25) is 11.8 Å². The number of methoxy groups -OCH3 is 1. The van der Waals surface area contributed by atoms with Crippen LogP contribution in [0, 0.1) is 0 Å². The first-order chi connectivity index (χ1) is 10.6. The topological polar surface area (TPSA) is 70.7 Å². The van der Waals surface area contributed by atoms with Crippen molar-refractivity contribution in [2.24, 2.45) is 0 Å². The van der Waals surface area contributed by atoms with Crippen LogP contribution in [0.5, 0.6) is 0 Å². The third kappa shape index (κ3) is 5.13. The fourth-order valence-corrected chi connectivity index (χ4v) is 2.55. The Bertz CT molecular complexity index is 533. The zero-order chi connectivity index (χ0) is 15.9. The first-order valence-electron chi connectivity index (χ1n) is 7.49. The summed E-state index contributed by atoms with van der Waals surface area (Å²) in [6, 6.07) is 7.13. The van der Waals surface area contributed by atoms with Crippen molar-refractivity contribution in [3.63, 3.8) is 0 Å². The molecule has 2 amide bonds. The van der Waals surface area contributed by atoms with Crippen LogP contribution in [0.4, 0.5) is 11.4 Å². The smallest absolute Gasteiger partial charge is 0.225 e. The van der Waals surface area contributed by atoms with Crippen molar-refractivity contribution in [2.45, 2.75) is 25.9 Å². The largest absolute Gasteiger partial charge is 0.380 e. The molecule has 0 aliphatic carbocycles. The molecule has 2 rings (SSSR count). The number of hydrogen-bond acceptors (Lipinski definition) is 4. The van der Waals surface area contributed by atoms with E-state index in [1.807, 2.05) is 0 Å². The van der Waals surface area contributed by atoms with Crippen LogP contribution in [-0.4, -0.2) is 49.6 Å². The van der Waals surface area contributed by atoms with E-state index in [2.05, 4.69) is 15.5 Å². The Morgan fingerprint density at radius 2 is 2.05 bits per heavy atom. The van der Waals surface area contributed by atoms with Crippen LogP contribution in [0.2, 0.25) is 0 Å². The summed E-state index contributed by atoms with van der Waals surface area (Å²) in [5.74, 6) is -0.161. The third-order valence-electron chi connectivity index (χ3n) is 3.68. The molecule has 120 valence electrons. The van der Waals surface area contributed by atoms with Crippen LogP contribution in [0.15, 0.2) is 24.3 Å². The molecule has 1 saturated heterocycles. The summed E-state index contributed by atoms with van der Waals surface area (Å²) in [4.78, 5) is 25.3. The molecule has 6 heteroatoms. The Labute approximate surface area is 130 Å². The molecule has 1 aliphatic heterocycles. The van der Waals surface area contributed by atoms with E-state index < -0.39 is 0 Å². The number of benzene rings is 1. The maximum atomic E-state index is 12.0. The SMILES string of the molecule is COC1CCN(CCC(=O)Nc2cccc(NC(C)=O)c2)C1. The molecule has 1 aromatic rings. The van der Waals surface area contributed by atoms with E-state index in [0.29, 0.717) is 17.8 Å². The van der Waals surface area contributed by atoms with Gasteiger partial charge < -0.3 is 20.3 Å². The molecule has 1 unspecified atom stereocenters. The maximum Gasteiger partial charge on any atom is 0.225 e. The van der Waals surface area contributed by atoms with Crippen molar-refractivity contribution in [1.82, 2.24) is 4.90 Å². The second-order valence-corrected chi connectivity index (χ2v) is 5.51. The first kappa shape index (κ1) is 16.5. The minimum Gasteiger partial charge on any atom is -0.380 e. The van der Waals surface area contributed by atoms with Crippen LogP contribution >= 0.6 is 0 Å². The van der Waals surface area contributed by atoms with E-state index in [9.17, 15) is 9.59 Å². The summed E-state index contributed by atoms with van der Waals surface area (Å²) in [6.07, 6.45) is 1.76. The summed E-state index contributed by atoms with van der Waals surface area (Å²) < 4.78 is 5.31. The number of ether oxygens (including phenoxy) is 1. The van der Waals surface area contributed by atoms with E-state index in [1.165, 1.54) is 6.92 Å². The van der Waals surface area contributed by atoms with E-state index in [4.69, 9.17) is 4.74 Å². The molecule has 0 radical (unpaired) electrons. The number of nitrogens with one attached hydrogen (secondary N) is 2.